The number of hydrogen-bond acceptors (Lipinski definition) is 0. The van der Waals surface area contributed by atoms with Crippen LogP contribution in [-0.2, 0) is 4.37 Å². The van der Waals surface area contributed by atoms with Gasteiger partial charge in [-0.15, -0.1) is 0 Å². The van der Waals surface area contributed by atoms with Gasteiger partial charge in [0.1, 0.15) is 0 Å². The Balaban J connectivity index is 2.07. The van der Waals surface area contributed by atoms with Crippen molar-refractivity contribution in [3.8, 4) is 0 Å². The van der Waals surface area contributed by atoms with Gasteiger partial charge < -0.3 is 0 Å². The number of unbranched alkanes of at least 4 members (excludes halogenated alkanes) is 10. The van der Waals surface area contributed by atoms with Gasteiger partial charge in [-0.2, -0.15) is 0 Å². The van der Waals surface area contributed by atoms with Gasteiger partial charge in [-0.05, 0) is 0 Å². The van der Waals surface area contributed by atoms with Crippen molar-refractivity contribution in [1.82, 2.24) is 0 Å². The summed E-state index contributed by atoms with van der Waals surface area (Å²) >= 11 is -1.16. The quantitative estimate of drug-likeness (QED) is 0.182. The second-order valence-electron chi connectivity index (χ2n) is 7.45. The topological polar surface area (TPSA) is 0 Å². The van der Waals surface area contributed by atoms with Crippen LogP contribution in [0.2, 0.25) is 8.73 Å². The fraction of sp³-hybridized carbons (Fsp3) is 0.739. The first-order valence-electron chi connectivity index (χ1n) is 10.7. The fourth-order valence-electron chi connectivity index (χ4n) is 3.48. The van der Waals surface area contributed by atoms with Gasteiger partial charge in [0.05, 0.1) is 0 Å². The van der Waals surface area contributed by atoms with Crippen molar-refractivity contribution in [1.29, 1.82) is 0 Å². The van der Waals surface area contributed by atoms with Crippen LogP contribution < -0.4 is 0 Å². The molecule has 0 N–H and O–H groups in total. The summed E-state index contributed by atoms with van der Waals surface area (Å²) in [6.45, 7) is 4.65. The number of rotatable bonds is 16. The first-order chi connectivity index (χ1) is 11.9. The van der Waals surface area contributed by atoms with Crippen LogP contribution >= 0.6 is 0 Å². The van der Waals surface area contributed by atoms with E-state index in [0.29, 0.717) is 0 Å². The third-order valence-corrected chi connectivity index (χ3v) is 13.7. The van der Waals surface area contributed by atoms with Crippen LogP contribution in [0.4, 0.5) is 0 Å². The SMILES string of the molecule is CCCCCCCCCCC[CH2][SbH]([CH2]CCC)[CH2]c1ccccc1. The van der Waals surface area contributed by atoms with Crippen molar-refractivity contribution in [3.05, 3.63) is 35.9 Å². The Bertz CT molecular complexity index is 360. The standard InChI is InChI=1S/C12H25.C7H7.C4H9.Sb.H/c1-3-5-7-9-11-12-10-8-6-4-2;1-7-5-3-2-4-6-7;1-3-4-2;;/h1,3-12H2,2H3;2-6H,1H2;1,3-4H2,2H3;;. The van der Waals surface area contributed by atoms with Gasteiger partial charge in [-0.25, -0.2) is 0 Å². The molecule has 0 aliphatic rings. The molecular weight excluding hydrogens is 398 g/mol. The Morgan fingerprint density at radius 3 is 1.67 bits per heavy atom. The normalized spacial score (nSPS) is 12.4. The fourth-order valence-corrected chi connectivity index (χ4v) is 12.1. The van der Waals surface area contributed by atoms with Gasteiger partial charge in [0.15, 0.2) is 0 Å². The number of hydrogen-bond donors (Lipinski definition) is 0. The van der Waals surface area contributed by atoms with E-state index in [-0.39, 0.29) is 0 Å². The molecule has 1 aromatic rings. The zero-order valence-corrected chi connectivity index (χ0v) is 19.3. The molecule has 1 heteroatoms. The summed E-state index contributed by atoms with van der Waals surface area (Å²) in [5, 5.41) is 0. The number of benzene rings is 1. The van der Waals surface area contributed by atoms with E-state index in [1.807, 2.05) is 0 Å². The molecule has 24 heavy (non-hydrogen) atoms. The molecule has 0 saturated heterocycles. The molecule has 0 aliphatic carbocycles. The molecule has 0 bridgehead atoms. The third kappa shape index (κ3) is 12.4. The van der Waals surface area contributed by atoms with E-state index in [4.69, 9.17) is 0 Å². The summed E-state index contributed by atoms with van der Waals surface area (Å²) in [6.07, 6.45) is 17.6. The first-order valence-corrected chi connectivity index (χ1v) is 16.8. The molecule has 1 rings (SSSR count). The van der Waals surface area contributed by atoms with Gasteiger partial charge in [-0.1, -0.05) is 0 Å². The van der Waals surface area contributed by atoms with Crippen LogP contribution in [-0.4, -0.2) is 20.2 Å². The van der Waals surface area contributed by atoms with Crippen molar-refractivity contribution in [2.45, 2.75) is 104 Å². The van der Waals surface area contributed by atoms with Crippen molar-refractivity contribution >= 4 is 20.2 Å². The van der Waals surface area contributed by atoms with E-state index < -0.39 is 20.2 Å². The summed E-state index contributed by atoms with van der Waals surface area (Å²) in [4.78, 5) is 0. The predicted octanol–water partition coefficient (Wildman–Crippen LogP) is 7.72. The van der Waals surface area contributed by atoms with E-state index >= 15 is 0 Å². The molecular formula is C23H42Sb. The van der Waals surface area contributed by atoms with E-state index in [1.165, 1.54) is 81.4 Å². The maximum atomic E-state index is 2.35. The summed E-state index contributed by atoms with van der Waals surface area (Å²) in [5.74, 6) is 0. The van der Waals surface area contributed by atoms with E-state index in [9.17, 15) is 0 Å². The summed E-state index contributed by atoms with van der Waals surface area (Å²) in [7, 11) is 0. The summed E-state index contributed by atoms with van der Waals surface area (Å²) < 4.78 is 4.74. The van der Waals surface area contributed by atoms with Gasteiger partial charge in [0.25, 0.3) is 0 Å². The van der Waals surface area contributed by atoms with Crippen molar-refractivity contribution in [2.24, 2.45) is 0 Å². The van der Waals surface area contributed by atoms with Crippen LogP contribution in [0.5, 0.6) is 0 Å². The first kappa shape index (κ1) is 22.1. The summed E-state index contributed by atoms with van der Waals surface area (Å²) in [5.41, 5.74) is 1.62. The van der Waals surface area contributed by atoms with E-state index in [2.05, 4.69) is 44.2 Å². The Morgan fingerprint density at radius 1 is 0.583 bits per heavy atom. The van der Waals surface area contributed by atoms with Crippen LogP contribution in [0, 0.1) is 0 Å². The Hall–Kier alpha value is 0.0382. The second-order valence-corrected chi connectivity index (χ2v) is 15.6. The van der Waals surface area contributed by atoms with Crippen LogP contribution in [0.1, 0.15) is 96.5 Å². The molecule has 1 radical (unpaired) electrons. The van der Waals surface area contributed by atoms with Gasteiger partial charge >= 0.3 is 160 Å². The molecule has 1 unspecified atom stereocenters. The molecule has 0 amide bonds. The van der Waals surface area contributed by atoms with Gasteiger partial charge in [-0.3, -0.25) is 0 Å². The molecule has 0 spiro atoms. The maximum absolute atomic E-state index is 2.35. The summed E-state index contributed by atoms with van der Waals surface area (Å²) in [6, 6.07) is 11.3. The van der Waals surface area contributed by atoms with Crippen LogP contribution in [0.25, 0.3) is 0 Å². The monoisotopic (exact) mass is 439 g/mol. The third-order valence-electron chi connectivity index (χ3n) is 5.06. The Labute approximate surface area is 159 Å². The van der Waals surface area contributed by atoms with Gasteiger partial charge in [0, 0.05) is 0 Å². The molecule has 0 aromatic heterocycles. The Morgan fingerprint density at radius 2 is 1.08 bits per heavy atom. The van der Waals surface area contributed by atoms with Gasteiger partial charge in [0.2, 0.25) is 0 Å². The zero-order chi connectivity index (χ0) is 17.3. The molecule has 1 atom stereocenters. The minimum atomic E-state index is -1.16. The van der Waals surface area contributed by atoms with Crippen LogP contribution in [0.3, 0.4) is 0 Å². The molecule has 1 aromatic carbocycles. The molecule has 0 aliphatic heterocycles. The van der Waals surface area contributed by atoms with Crippen molar-refractivity contribution in [3.63, 3.8) is 0 Å². The minimum absolute atomic E-state index is 1.16. The van der Waals surface area contributed by atoms with Crippen molar-refractivity contribution in [2.75, 3.05) is 0 Å². The average molecular weight is 440 g/mol. The molecule has 0 fully saturated rings. The molecule has 139 valence electrons. The average Bonchev–Trinajstić information content (AvgIpc) is 2.62. The molecule has 0 saturated carbocycles. The second kappa shape index (κ2) is 16.5. The van der Waals surface area contributed by atoms with Crippen molar-refractivity contribution < 1.29 is 0 Å². The molecule has 0 nitrogen and oxygen atoms in total. The predicted molar refractivity (Wildman–Crippen MR) is 114 cm³/mol. The Kier molecular flexibility index (Phi) is 15.2. The van der Waals surface area contributed by atoms with E-state index in [1.54, 1.807) is 14.3 Å². The molecule has 0 heterocycles. The van der Waals surface area contributed by atoms with Crippen LogP contribution in [0.15, 0.2) is 30.3 Å². The zero-order valence-electron chi connectivity index (χ0n) is 16.5. The van der Waals surface area contributed by atoms with E-state index in [0.717, 1.165) is 0 Å².